The van der Waals surface area contributed by atoms with E-state index in [-0.39, 0.29) is 17.4 Å². The van der Waals surface area contributed by atoms with E-state index in [9.17, 15) is 9.90 Å². The first-order valence-electron chi connectivity index (χ1n) is 12.3. The van der Waals surface area contributed by atoms with Gasteiger partial charge in [0.2, 0.25) is 0 Å². The molecule has 36 heavy (non-hydrogen) atoms. The summed E-state index contributed by atoms with van der Waals surface area (Å²) in [6, 6.07) is 24.7. The summed E-state index contributed by atoms with van der Waals surface area (Å²) >= 11 is 0. The maximum absolute atomic E-state index is 11.9. The van der Waals surface area contributed by atoms with E-state index < -0.39 is 14.3 Å². The van der Waals surface area contributed by atoms with Crippen LogP contribution < -0.4 is 19.8 Å². The molecule has 0 aliphatic heterocycles. The number of carboxylic acid groups (broad SMARTS) is 1. The predicted molar refractivity (Wildman–Crippen MR) is 147 cm³/mol. The molecule has 0 heterocycles. The van der Waals surface area contributed by atoms with Crippen LogP contribution in [0.2, 0.25) is 5.04 Å². The molecule has 0 aromatic heterocycles. The molecule has 0 spiro atoms. The number of carboxylic acids is 1. The van der Waals surface area contributed by atoms with E-state index in [1.807, 2.05) is 31.2 Å². The number of hydrogen-bond donors (Lipinski definition) is 1. The molecule has 3 aromatic rings. The van der Waals surface area contributed by atoms with Gasteiger partial charge in [0.25, 0.3) is 8.32 Å². The minimum absolute atomic E-state index is 0.0211. The van der Waals surface area contributed by atoms with Gasteiger partial charge in [-0.3, -0.25) is 4.79 Å². The summed E-state index contributed by atoms with van der Waals surface area (Å²) in [5.74, 6) is 0.247. The Morgan fingerprint density at radius 1 is 0.889 bits per heavy atom. The summed E-state index contributed by atoms with van der Waals surface area (Å²) < 4.78 is 18.2. The minimum Gasteiger partial charge on any atom is -0.496 e. The first-order valence-corrected chi connectivity index (χ1v) is 14.2. The van der Waals surface area contributed by atoms with Crippen LogP contribution in [0.25, 0.3) is 0 Å². The van der Waals surface area contributed by atoms with Crippen LogP contribution >= 0.6 is 0 Å². The highest BCUT2D eigenvalue weighted by molar-refractivity contribution is 6.99. The predicted octanol–water partition coefficient (Wildman–Crippen LogP) is 5.54. The number of methoxy groups -OCH3 is 2. The van der Waals surface area contributed by atoms with Gasteiger partial charge in [0.1, 0.15) is 11.5 Å². The Morgan fingerprint density at radius 3 is 1.86 bits per heavy atom. The fourth-order valence-corrected chi connectivity index (χ4v) is 9.67. The van der Waals surface area contributed by atoms with E-state index in [0.717, 1.165) is 11.1 Å². The summed E-state index contributed by atoms with van der Waals surface area (Å²) in [5, 5.41) is 12.0. The molecule has 0 saturated carbocycles. The SMILES string of the molecule is COc1cc([C@H](CCO[Si](c2ccccc2)(c2ccccc2)C(C)(C)C)CC(=O)O)c(OC)cc1C. The first-order chi connectivity index (χ1) is 17.1. The minimum atomic E-state index is -2.71. The number of carbonyl (C=O) groups is 1. The van der Waals surface area contributed by atoms with Gasteiger partial charge in [0.15, 0.2) is 0 Å². The van der Waals surface area contributed by atoms with Gasteiger partial charge in [0, 0.05) is 18.1 Å². The first kappa shape index (κ1) is 27.5. The van der Waals surface area contributed by atoms with Gasteiger partial charge in [-0.2, -0.15) is 0 Å². The van der Waals surface area contributed by atoms with Crippen LogP contribution in [0.1, 0.15) is 50.7 Å². The fraction of sp³-hybridized carbons (Fsp3) is 0.367. The van der Waals surface area contributed by atoms with Gasteiger partial charge in [-0.25, -0.2) is 0 Å². The number of ether oxygens (including phenoxy) is 2. The molecule has 0 unspecified atom stereocenters. The molecule has 0 bridgehead atoms. The highest BCUT2D eigenvalue weighted by Gasteiger charge is 2.50. The molecule has 0 aliphatic carbocycles. The zero-order valence-corrected chi connectivity index (χ0v) is 23.2. The second kappa shape index (κ2) is 11.8. The number of aryl methyl sites for hydroxylation is 1. The van der Waals surface area contributed by atoms with Gasteiger partial charge in [-0.15, -0.1) is 0 Å². The summed E-state index contributed by atoms with van der Waals surface area (Å²) in [5.41, 5.74) is 1.77. The molecule has 0 fully saturated rings. The van der Waals surface area contributed by atoms with Crippen LogP contribution in [-0.2, 0) is 9.22 Å². The standard InChI is InChI=1S/C30H38O5Si/c1-22-19-28(34-6)26(21-27(22)33-5)23(20-29(31)32)17-18-35-36(30(2,3)4,24-13-9-7-10-14-24)25-15-11-8-12-16-25/h7-16,19,21,23H,17-18,20H2,1-6H3,(H,31,32)/t23-/m1/s1. The van der Waals surface area contributed by atoms with Gasteiger partial charge < -0.3 is 19.0 Å². The smallest absolute Gasteiger partial charge is 0.303 e. The van der Waals surface area contributed by atoms with Crippen LogP contribution in [0.15, 0.2) is 72.8 Å². The van der Waals surface area contributed by atoms with Crippen molar-refractivity contribution in [2.24, 2.45) is 0 Å². The normalized spacial score (nSPS) is 12.7. The van der Waals surface area contributed by atoms with Gasteiger partial charge >= 0.3 is 5.97 Å². The van der Waals surface area contributed by atoms with E-state index in [2.05, 4.69) is 69.3 Å². The van der Waals surface area contributed by atoms with Crippen LogP contribution in [0.4, 0.5) is 0 Å². The molecule has 3 aromatic carbocycles. The number of aliphatic carboxylic acids is 1. The third-order valence-electron chi connectivity index (χ3n) is 6.81. The second-order valence-electron chi connectivity index (χ2n) is 10.2. The average Bonchev–Trinajstić information content (AvgIpc) is 2.86. The van der Waals surface area contributed by atoms with Crippen molar-refractivity contribution in [1.29, 1.82) is 0 Å². The lowest BCUT2D eigenvalue weighted by Crippen LogP contribution is -2.66. The number of rotatable bonds is 11. The van der Waals surface area contributed by atoms with Crippen LogP contribution in [0, 0.1) is 6.92 Å². The van der Waals surface area contributed by atoms with E-state index in [1.165, 1.54) is 10.4 Å². The third kappa shape index (κ3) is 5.82. The number of hydrogen-bond acceptors (Lipinski definition) is 4. The van der Waals surface area contributed by atoms with Crippen molar-refractivity contribution in [3.63, 3.8) is 0 Å². The Kier molecular flexibility index (Phi) is 8.98. The summed E-state index contributed by atoms with van der Waals surface area (Å²) in [4.78, 5) is 11.9. The monoisotopic (exact) mass is 506 g/mol. The molecule has 0 amide bonds. The van der Waals surface area contributed by atoms with Crippen molar-refractivity contribution in [2.45, 2.75) is 51.5 Å². The van der Waals surface area contributed by atoms with Crippen LogP contribution in [0.3, 0.4) is 0 Å². The highest BCUT2D eigenvalue weighted by Crippen LogP contribution is 2.39. The Balaban J connectivity index is 2.01. The van der Waals surface area contributed by atoms with E-state index in [4.69, 9.17) is 13.9 Å². The Bertz CT molecular complexity index is 1100. The lowest BCUT2D eigenvalue weighted by molar-refractivity contribution is -0.137. The maximum atomic E-state index is 11.9. The van der Waals surface area contributed by atoms with Crippen LogP contribution in [0.5, 0.6) is 11.5 Å². The molecule has 1 atom stereocenters. The molecular weight excluding hydrogens is 468 g/mol. The van der Waals surface area contributed by atoms with E-state index in [1.54, 1.807) is 14.2 Å². The van der Waals surface area contributed by atoms with Gasteiger partial charge in [-0.05, 0) is 46.5 Å². The largest absolute Gasteiger partial charge is 0.496 e. The van der Waals surface area contributed by atoms with E-state index in [0.29, 0.717) is 24.5 Å². The highest BCUT2D eigenvalue weighted by atomic mass is 28.4. The van der Waals surface area contributed by atoms with Crippen molar-refractivity contribution in [1.82, 2.24) is 0 Å². The molecule has 0 radical (unpaired) electrons. The Hall–Kier alpha value is -3.09. The van der Waals surface area contributed by atoms with Crippen molar-refractivity contribution in [3.05, 3.63) is 83.9 Å². The molecule has 0 saturated heterocycles. The average molecular weight is 507 g/mol. The second-order valence-corrected chi connectivity index (χ2v) is 14.5. The molecule has 0 aliphatic rings. The molecule has 192 valence electrons. The third-order valence-corrected chi connectivity index (χ3v) is 11.9. The zero-order valence-electron chi connectivity index (χ0n) is 22.2. The molecule has 1 N–H and O–H groups in total. The zero-order chi connectivity index (χ0) is 26.3. The quantitative estimate of drug-likeness (QED) is 0.346. The summed E-state index contributed by atoms with van der Waals surface area (Å²) in [6.45, 7) is 9.08. The topological polar surface area (TPSA) is 65.0 Å². The molecule has 5 nitrogen and oxygen atoms in total. The lowest BCUT2D eigenvalue weighted by atomic mass is 9.91. The number of benzene rings is 3. The van der Waals surface area contributed by atoms with Crippen molar-refractivity contribution >= 4 is 24.7 Å². The summed E-state index contributed by atoms with van der Waals surface area (Å²) in [7, 11) is 0.525. The Labute approximate surface area is 216 Å². The molecule has 6 heteroatoms. The van der Waals surface area contributed by atoms with Crippen LogP contribution in [-0.4, -0.2) is 40.2 Å². The fourth-order valence-electron chi connectivity index (χ4n) is 5.09. The Morgan fingerprint density at radius 2 is 1.42 bits per heavy atom. The van der Waals surface area contributed by atoms with Gasteiger partial charge in [0.05, 0.1) is 20.6 Å². The van der Waals surface area contributed by atoms with Crippen molar-refractivity contribution in [3.8, 4) is 11.5 Å². The lowest BCUT2D eigenvalue weighted by Gasteiger charge is -2.43. The summed E-state index contributed by atoms with van der Waals surface area (Å²) in [6.07, 6.45) is 0.520. The molecular formula is C30H38O5Si. The van der Waals surface area contributed by atoms with Crippen molar-refractivity contribution < 1.29 is 23.8 Å². The maximum Gasteiger partial charge on any atom is 0.303 e. The van der Waals surface area contributed by atoms with Crippen molar-refractivity contribution in [2.75, 3.05) is 20.8 Å². The van der Waals surface area contributed by atoms with Gasteiger partial charge in [-0.1, -0.05) is 81.4 Å². The van der Waals surface area contributed by atoms with E-state index >= 15 is 0 Å². The molecule has 3 rings (SSSR count).